The molecule has 0 unspecified atom stereocenters. The lowest BCUT2D eigenvalue weighted by atomic mass is 9.80. The van der Waals surface area contributed by atoms with Gasteiger partial charge in [0, 0.05) is 31.2 Å². The van der Waals surface area contributed by atoms with Crippen molar-refractivity contribution in [2.45, 2.75) is 25.3 Å². The molecule has 0 amide bonds. The first-order valence-electron chi connectivity index (χ1n) is 11.4. The maximum Gasteiger partial charge on any atom is 0.341 e. The molecule has 0 aliphatic carbocycles. The Labute approximate surface area is 204 Å². The number of benzene rings is 2. The third-order valence-corrected chi connectivity index (χ3v) is 6.16. The Morgan fingerprint density at radius 3 is 2.31 bits per heavy atom. The Morgan fingerprint density at radius 1 is 1.03 bits per heavy atom. The van der Waals surface area contributed by atoms with Crippen molar-refractivity contribution < 1.29 is 23.8 Å². The molecule has 0 fully saturated rings. The van der Waals surface area contributed by atoms with Crippen LogP contribution in [0.4, 0.5) is 0 Å². The first-order valence-corrected chi connectivity index (χ1v) is 11.4. The molecule has 1 aromatic heterocycles. The molecule has 1 aliphatic heterocycles. The molecule has 0 saturated heterocycles. The van der Waals surface area contributed by atoms with E-state index in [1.165, 1.54) is 4.57 Å². The van der Waals surface area contributed by atoms with Crippen molar-refractivity contribution >= 4 is 17.8 Å². The number of aromatic nitrogens is 1. The van der Waals surface area contributed by atoms with E-state index in [9.17, 15) is 9.59 Å². The molecule has 35 heavy (non-hydrogen) atoms. The molecule has 7 nitrogen and oxygen atoms in total. The van der Waals surface area contributed by atoms with Crippen LogP contribution in [0.2, 0.25) is 0 Å². The lowest BCUT2D eigenvalue weighted by Crippen LogP contribution is -2.42. The number of carbonyl (C=O) groups excluding carboxylic acids is 2. The van der Waals surface area contributed by atoms with Crippen LogP contribution in [0.1, 0.15) is 29.3 Å². The van der Waals surface area contributed by atoms with E-state index in [2.05, 4.69) is 0 Å². The summed E-state index contributed by atoms with van der Waals surface area (Å²) in [7, 11) is 3.08. The Bertz CT molecular complexity index is 1230. The van der Waals surface area contributed by atoms with E-state index in [-0.39, 0.29) is 24.1 Å². The van der Waals surface area contributed by atoms with Gasteiger partial charge in [0.15, 0.2) is 5.54 Å². The highest BCUT2D eigenvalue weighted by atomic mass is 16.6. The molecule has 0 bridgehead atoms. The van der Waals surface area contributed by atoms with Crippen LogP contribution in [0.3, 0.4) is 0 Å². The SMILES string of the molecule is COc1cccc(OC)c1C1=N[C@](Cc2ccccc2)([C@@H](C)/C=C/CC(=O)n2cccc2)C(=O)O1. The number of cyclic esters (lactones) is 1. The van der Waals surface area contributed by atoms with Crippen LogP contribution in [-0.4, -0.2) is 42.1 Å². The summed E-state index contributed by atoms with van der Waals surface area (Å²) in [5.41, 5.74) is 0.222. The summed E-state index contributed by atoms with van der Waals surface area (Å²) in [6.07, 6.45) is 7.60. The normalized spacial score (nSPS) is 18.3. The molecule has 7 heteroatoms. The van der Waals surface area contributed by atoms with Crippen molar-refractivity contribution in [2.24, 2.45) is 10.9 Å². The molecule has 1 aliphatic rings. The number of carbonyl (C=O) groups is 2. The molecule has 2 aromatic carbocycles. The van der Waals surface area contributed by atoms with Gasteiger partial charge in [-0.3, -0.25) is 9.36 Å². The largest absolute Gasteiger partial charge is 0.496 e. The van der Waals surface area contributed by atoms with E-state index in [0.29, 0.717) is 23.5 Å². The predicted octanol–water partition coefficient (Wildman–Crippen LogP) is 4.71. The second kappa shape index (κ2) is 10.4. The Hall–Kier alpha value is -4.13. The van der Waals surface area contributed by atoms with Gasteiger partial charge in [0.2, 0.25) is 11.8 Å². The van der Waals surface area contributed by atoms with Crippen LogP contribution in [0.25, 0.3) is 0 Å². The van der Waals surface area contributed by atoms with E-state index in [1.54, 1.807) is 63.0 Å². The minimum Gasteiger partial charge on any atom is -0.496 e. The summed E-state index contributed by atoms with van der Waals surface area (Å²) in [4.78, 5) is 30.7. The van der Waals surface area contributed by atoms with Crippen LogP contribution in [0, 0.1) is 5.92 Å². The summed E-state index contributed by atoms with van der Waals surface area (Å²) in [5, 5.41) is 0. The van der Waals surface area contributed by atoms with Crippen LogP contribution >= 0.6 is 0 Å². The molecule has 0 saturated carbocycles. The number of esters is 1. The average Bonchev–Trinajstić information content (AvgIpc) is 3.53. The first kappa shape index (κ1) is 24.0. The number of aliphatic imine (C=N–C) groups is 1. The minimum absolute atomic E-state index is 0.0625. The lowest BCUT2D eigenvalue weighted by Gasteiger charge is -2.27. The van der Waals surface area contributed by atoms with Gasteiger partial charge >= 0.3 is 5.97 Å². The van der Waals surface area contributed by atoms with Gasteiger partial charge in [-0.05, 0) is 29.8 Å². The molecule has 3 aromatic rings. The Morgan fingerprint density at radius 2 is 1.69 bits per heavy atom. The van der Waals surface area contributed by atoms with Gasteiger partial charge in [-0.15, -0.1) is 0 Å². The maximum atomic E-state index is 13.5. The maximum absolute atomic E-state index is 13.5. The molecule has 0 radical (unpaired) electrons. The summed E-state index contributed by atoms with van der Waals surface area (Å²) < 4.78 is 18.3. The van der Waals surface area contributed by atoms with Gasteiger partial charge in [0.1, 0.15) is 17.1 Å². The lowest BCUT2D eigenvalue weighted by molar-refractivity contribution is -0.140. The number of rotatable bonds is 9. The van der Waals surface area contributed by atoms with Crippen molar-refractivity contribution in [1.82, 2.24) is 4.57 Å². The average molecular weight is 473 g/mol. The van der Waals surface area contributed by atoms with Crippen molar-refractivity contribution in [1.29, 1.82) is 0 Å². The van der Waals surface area contributed by atoms with Crippen LogP contribution < -0.4 is 9.47 Å². The Kier molecular flexibility index (Phi) is 7.15. The fourth-order valence-corrected chi connectivity index (χ4v) is 4.20. The molecule has 0 N–H and O–H groups in total. The van der Waals surface area contributed by atoms with Crippen molar-refractivity contribution in [2.75, 3.05) is 14.2 Å². The second-order valence-electron chi connectivity index (χ2n) is 8.34. The van der Waals surface area contributed by atoms with Crippen LogP contribution in [-0.2, 0) is 16.0 Å². The van der Waals surface area contributed by atoms with E-state index in [1.807, 2.05) is 43.3 Å². The third kappa shape index (κ3) is 4.89. The van der Waals surface area contributed by atoms with Crippen molar-refractivity contribution in [3.05, 3.63) is 96.3 Å². The fraction of sp³-hybridized carbons (Fsp3) is 0.250. The van der Waals surface area contributed by atoms with Crippen molar-refractivity contribution in [3.63, 3.8) is 0 Å². The highest BCUT2D eigenvalue weighted by molar-refractivity contribution is 6.11. The van der Waals surface area contributed by atoms with Gasteiger partial charge in [0.05, 0.1) is 14.2 Å². The number of ether oxygens (including phenoxy) is 3. The zero-order chi connectivity index (χ0) is 24.8. The zero-order valence-electron chi connectivity index (χ0n) is 20.0. The second-order valence-corrected chi connectivity index (χ2v) is 8.34. The van der Waals surface area contributed by atoms with Gasteiger partial charge in [-0.2, -0.15) is 0 Å². The van der Waals surface area contributed by atoms with Gasteiger partial charge in [-0.1, -0.05) is 55.5 Å². The monoisotopic (exact) mass is 472 g/mol. The van der Waals surface area contributed by atoms with E-state index >= 15 is 0 Å². The number of methoxy groups -OCH3 is 2. The highest BCUT2D eigenvalue weighted by Gasteiger charge is 2.50. The van der Waals surface area contributed by atoms with Crippen LogP contribution in [0.15, 0.2) is 90.2 Å². The third-order valence-electron chi connectivity index (χ3n) is 6.16. The predicted molar refractivity (Wildman–Crippen MR) is 133 cm³/mol. The Balaban J connectivity index is 1.71. The van der Waals surface area contributed by atoms with Gasteiger partial charge < -0.3 is 14.2 Å². The van der Waals surface area contributed by atoms with Crippen LogP contribution in [0.5, 0.6) is 11.5 Å². The summed E-state index contributed by atoms with van der Waals surface area (Å²) in [6, 6.07) is 18.6. The van der Waals surface area contributed by atoms with Gasteiger partial charge in [-0.25, -0.2) is 9.79 Å². The standard InChI is InChI=1S/C28H28N2O5/c1-20(11-9-16-24(31)30-17-7-8-18-30)28(19-21-12-5-4-6-13-21)27(32)35-26(29-28)25-22(33-2)14-10-15-23(25)34-3/h4-15,17-18,20H,16,19H2,1-3H3/b11-9+/t20-,28+/m0/s1. The summed E-state index contributed by atoms with van der Waals surface area (Å²) in [6.45, 7) is 1.91. The van der Waals surface area contributed by atoms with E-state index in [0.717, 1.165) is 5.56 Å². The minimum atomic E-state index is -1.21. The zero-order valence-corrected chi connectivity index (χ0v) is 20.0. The molecule has 4 rings (SSSR count). The molecule has 2 atom stereocenters. The number of hydrogen-bond donors (Lipinski definition) is 0. The van der Waals surface area contributed by atoms with Gasteiger partial charge in [0.25, 0.3) is 0 Å². The van der Waals surface area contributed by atoms with E-state index < -0.39 is 11.5 Å². The first-order chi connectivity index (χ1) is 17.0. The topological polar surface area (TPSA) is 79.1 Å². The van der Waals surface area contributed by atoms with E-state index in [4.69, 9.17) is 19.2 Å². The molecular formula is C28H28N2O5. The molecular weight excluding hydrogens is 444 g/mol. The molecule has 180 valence electrons. The summed E-state index contributed by atoms with van der Waals surface area (Å²) in [5.74, 6) is 0.263. The quantitative estimate of drug-likeness (QED) is 0.333. The fourth-order valence-electron chi connectivity index (χ4n) is 4.20. The number of hydrogen-bond acceptors (Lipinski definition) is 6. The molecule has 0 spiro atoms. The number of nitrogens with zero attached hydrogens (tertiary/aromatic N) is 2. The van der Waals surface area contributed by atoms with Crippen molar-refractivity contribution in [3.8, 4) is 11.5 Å². The summed E-state index contributed by atoms with van der Waals surface area (Å²) >= 11 is 0. The smallest absolute Gasteiger partial charge is 0.341 e. The molecule has 2 heterocycles. The highest BCUT2D eigenvalue weighted by Crippen LogP contribution is 2.39. The number of allylic oxidation sites excluding steroid dienone is 1.